The topological polar surface area (TPSA) is 50.9 Å². The molecule has 2 rings (SSSR count). The second-order valence-corrected chi connectivity index (χ2v) is 5.26. The van der Waals surface area contributed by atoms with Gasteiger partial charge in [-0.2, -0.15) is 0 Å². The summed E-state index contributed by atoms with van der Waals surface area (Å²) in [6, 6.07) is 4.43. The van der Waals surface area contributed by atoms with Crippen molar-refractivity contribution < 1.29 is 0 Å². The van der Waals surface area contributed by atoms with Crippen LogP contribution in [-0.4, -0.2) is 12.0 Å². The average Bonchev–Trinajstić information content (AvgIpc) is 2.35. The van der Waals surface area contributed by atoms with Crippen molar-refractivity contribution in [1.82, 2.24) is 10.3 Å². The summed E-state index contributed by atoms with van der Waals surface area (Å²) in [7, 11) is 2.02. The lowest BCUT2D eigenvalue weighted by atomic mass is 9.77. The van der Waals surface area contributed by atoms with Gasteiger partial charge in [-0.05, 0) is 37.8 Å². The summed E-state index contributed by atoms with van der Waals surface area (Å²) in [5.41, 5.74) is 7.14. The van der Waals surface area contributed by atoms with Gasteiger partial charge in [0.2, 0.25) is 0 Å². The zero-order valence-electron chi connectivity index (χ0n) is 10.8. The predicted octanol–water partition coefficient (Wildman–Crippen LogP) is 2.75. The van der Waals surface area contributed by atoms with Crippen LogP contribution in [0.4, 0.5) is 5.82 Å². The summed E-state index contributed by atoms with van der Waals surface area (Å²) < 4.78 is 0. The molecule has 3 nitrogen and oxygen atoms in total. The number of nitrogen functional groups attached to an aromatic ring is 1. The van der Waals surface area contributed by atoms with Crippen molar-refractivity contribution in [2.75, 3.05) is 12.8 Å². The van der Waals surface area contributed by atoms with Gasteiger partial charge in [-0.15, -0.1) is 0 Å². The van der Waals surface area contributed by atoms with Crippen molar-refractivity contribution >= 4 is 5.82 Å². The monoisotopic (exact) mass is 233 g/mol. The summed E-state index contributed by atoms with van der Waals surface area (Å²) in [5.74, 6) is 2.25. The minimum Gasteiger partial charge on any atom is -0.383 e. The maximum absolute atomic E-state index is 5.98. The number of rotatable bonds is 3. The van der Waals surface area contributed by atoms with Crippen LogP contribution in [0, 0.1) is 11.8 Å². The fourth-order valence-electron chi connectivity index (χ4n) is 2.96. The van der Waals surface area contributed by atoms with Crippen LogP contribution in [0.3, 0.4) is 0 Å². The number of hydrogen-bond acceptors (Lipinski definition) is 3. The third kappa shape index (κ3) is 2.78. The molecule has 1 fully saturated rings. The fraction of sp³-hybridized carbons (Fsp3) is 0.643. The number of aromatic nitrogens is 1. The number of pyridine rings is 1. The molecule has 1 heterocycles. The molecule has 0 aromatic carbocycles. The summed E-state index contributed by atoms with van der Waals surface area (Å²) in [6.45, 7) is 2.35. The van der Waals surface area contributed by atoms with E-state index in [-0.39, 0.29) is 0 Å². The molecule has 0 bridgehead atoms. The molecule has 3 N–H and O–H groups in total. The van der Waals surface area contributed by atoms with Crippen LogP contribution in [-0.2, 0) is 0 Å². The third-order valence-corrected chi connectivity index (χ3v) is 4.05. The summed E-state index contributed by atoms with van der Waals surface area (Å²) in [6.07, 6.45) is 7.02. The zero-order valence-corrected chi connectivity index (χ0v) is 10.8. The molecule has 0 aliphatic heterocycles. The highest BCUT2D eigenvalue weighted by molar-refractivity contribution is 5.41. The molecule has 1 aliphatic rings. The van der Waals surface area contributed by atoms with E-state index in [1.165, 1.54) is 25.7 Å². The average molecular weight is 233 g/mol. The Labute approximate surface area is 104 Å². The molecule has 1 saturated carbocycles. The van der Waals surface area contributed by atoms with Crippen LogP contribution in [0.15, 0.2) is 18.3 Å². The Hall–Kier alpha value is -1.09. The third-order valence-electron chi connectivity index (χ3n) is 4.05. The molecular formula is C14H23N3. The lowest BCUT2D eigenvalue weighted by Crippen LogP contribution is -2.29. The Morgan fingerprint density at radius 1 is 1.35 bits per heavy atom. The minimum atomic E-state index is 0.358. The van der Waals surface area contributed by atoms with Gasteiger partial charge in [-0.25, -0.2) is 4.98 Å². The second-order valence-electron chi connectivity index (χ2n) is 5.26. The fourth-order valence-corrected chi connectivity index (χ4v) is 2.96. The van der Waals surface area contributed by atoms with Gasteiger partial charge < -0.3 is 11.1 Å². The molecular weight excluding hydrogens is 210 g/mol. The van der Waals surface area contributed by atoms with Crippen LogP contribution in [0.5, 0.6) is 0 Å². The van der Waals surface area contributed by atoms with E-state index in [1.54, 1.807) is 6.20 Å². The van der Waals surface area contributed by atoms with E-state index < -0.39 is 0 Å². The molecule has 0 spiro atoms. The highest BCUT2D eigenvalue weighted by atomic mass is 14.9. The second kappa shape index (κ2) is 5.50. The van der Waals surface area contributed by atoms with Gasteiger partial charge in [-0.1, -0.05) is 25.8 Å². The van der Waals surface area contributed by atoms with Gasteiger partial charge in [0, 0.05) is 17.8 Å². The van der Waals surface area contributed by atoms with Crippen molar-refractivity contribution in [2.24, 2.45) is 11.8 Å². The first-order valence-electron chi connectivity index (χ1n) is 6.60. The number of nitrogens with one attached hydrogen (secondary N) is 1. The van der Waals surface area contributed by atoms with E-state index in [1.807, 2.05) is 13.1 Å². The largest absolute Gasteiger partial charge is 0.383 e. The van der Waals surface area contributed by atoms with E-state index in [0.717, 1.165) is 11.5 Å². The summed E-state index contributed by atoms with van der Waals surface area (Å²) in [5, 5.41) is 3.42. The van der Waals surface area contributed by atoms with Crippen molar-refractivity contribution in [3.63, 3.8) is 0 Å². The molecule has 94 valence electrons. The van der Waals surface area contributed by atoms with Crippen molar-refractivity contribution in [2.45, 2.75) is 38.6 Å². The maximum atomic E-state index is 5.98. The molecule has 1 atom stereocenters. The first-order valence-corrected chi connectivity index (χ1v) is 6.60. The Morgan fingerprint density at radius 3 is 2.65 bits per heavy atom. The van der Waals surface area contributed by atoms with Gasteiger partial charge in [0.15, 0.2) is 0 Å². The highest BCUT2D eigenvalue weighted by Crippen LogP contribution is 2.37. The first-order chi connectivity index (χ1) is 8.22. The van der Waals surface area contributed by atoms with E-state index >= 15 is 0 Å². The standard InChI is InChI=1S/C14H23N3/c1-10-5-7-11(8-6-10)13(16-2)12-4-3-9-17-14(12)15/h3-4,9-11,13,16H,5-8H2,1-2H3,(H2,15,17). The number of nitrogens with zero attached hydrogens (tertiary/aromatic N) is 1. The lowest BCUT2D eigenvalue weighted by molar-refractivity contribution is 0.238. The van der Waals surface area contributed by atoms with Crippen LogP contribution in [0.1, 0.15) is 44.2 Å². The van der Waals surface area contributed by atoms with Crippen molar-refractivity contribution in [1.29, 1.82) is 0 Å². The van der Waals surface area contributed by atoms with Crippen molar-refractivity contribution in [3.8, 4) is 0 Å². The van der Waals surface area contributed by atoms with E-state index in [4.69, 9.17) is 5.73 Å². The molecule has 1 aliphatic carbocycles. The van der Waals surface area contributed by atoms with Crippen molar-refractivity contribution in [3.05, 3.63) is 23.9 Å². The molecule has 3 heteroatoms. The van der Waals surface area contributed by atoms with E-state index in [0.29, 0.717) is 17.8 Å². The first kappa shape index (κ1) is 12.4. The molecule has 0 saturated heterocycles. The smallest absolute Gasteiger partial charge is 0.128 e. The normalized spacial score (nSPS) is 26.7. The van der Waals surface area contributed by atoms with E-state index in [9.17, 15) is 0 Å². The summed E-state index contributed by atoms with van der Waals surface area (Å²) >= 11 is 0. The predicted molar refractivity (Wildman–Crippen MR) is 71.6 cm³/mol. The minimum absolute atomic E-state index is 0.358. The molecule has 1 unspecified atom stereocenters. The van der Waals surface area contributed by atoms with Crippen LogP contribution < -0.4 is 11.1 Å². The number of nitrogens with two attached hydrogens (primary N) is 1. The van der Waals surface area contributed by atoms with Gasteiger partial charge in [0.05, 0.1) is 0 Å². The van der Waals surface area contributed by atoms with Crippen LogP contribution in [0.25, 0.3) is 0 Å². The quantitative estimate of drug-likeness (QED) is 0.844. The summed E-state index contributed by atoms with van der Waals surface area (Å²) in [4.78, 5) is 4.20. The van der Waals surface area contributed by atoms with Gasteiger partial charge in [0.1, 0.15) is 5.82 Å². The zero-order chi connectivity index (χ0) is 12.3. The van der Waals surface area contributed by atoms with Gasteiger partial charge >= 0.3 is 0 Å². The van der Waals surface area contributed by atoms with E-state index in [2.05, 4.69) is 23.3 Å². The van der Waals surface area contributed by atoms with Crippen LogP contribution in [0.2, 0.25) is 0 Å². The molecule has 0 amide bonds. The molecule has 1 aromatic rings. The molecule has 0 radical (unpaired) electrons. The number of anilines is 1. The van der Waals surface area contributed by atoms with Gasteiger partial charge in [-0.3, -0.25) is 0 Å². The molecule has 1 aromatic heterocycles. The van der Waals surface area contributed by atoms with Crippen LogP contribution >= 0.6 is 0 Å². The Kier molecular flexibility index (Phi) is 4.00. The lowest BCUT2D eigenvalue weighted by Gasteiger charge is -2.33. The number of hydrogen-bond donors (Lipinski definition) is 2. The van der Waals surface area contributed by atoms with Gasteiger partial charge in [0.25, 0.3) is 0 Å². The molecule has 17 heavy (non-hydrogen) atoms. The Bertz CT molecular complexity index is 356. The SMILES string of the molecule is CNC(c1cccnc1N)C1CCC(C)CC1. The Balaban J connectivity index is 2.14. The highest BCUT2D eigenvalue weighted by Gasteiger charge is 2.27. The Morgan fingerprint density at radius 2 is 2.06 bits per heavy atom. The maximum Gasteiger partial charge on any atom is 0.128 e.